The number of nitrogens with two attached hydrogens (primary N) is 1. The first-order valence-corrected chi connectivity index (χ1v) is 5.22. The van der Waals surface area contributed by atoms with Crippen molar-refractivity contribution in [3.8, 4) is 0 Å². The summed E-state index contributed by atoms with van der Waals surface area (Å²) in [5.74, 6) is 0.0984. The van der Waals surface area contributed by atoms with Gasteiger partial charge in [0.15, 0.2) is 5.78 Å². The van der Waals surface area contributed by atoms with Crippen LogP contribution < -0.4 is 11.1 Å². The Balaban J connectivity index is 2.51. The Morgan fingerprint density at radius 3 is 2.67 bits per heavy atom. The molecule has 15 heavy (non-hydrogen) atoms. The second kappa shape index (κ2) is 5.51. The molecular formula is C12H18N2O. The summed E-state index contributed by atoms with van der Waals surface area (Å²) in [5, 5.41) is 3.20. The average molecular weight is 206 g/mol. The average Bonchev–Trinajstić information content (AvgIpc) is 2.17. The molecule has 0 aromatic heterocycles. The fourth-order valence-corrected chi connectivity index (χ4v) is 1.36. The molecule has 0 atom stereocenters. The molecule has 1 aromatic rings. The Morgan fingerprint density at radius 2 is 2.07 bits per heavy atom. The first-order valence-electron chi connectivity index (χ1n) is 5.22. The lowest BCUT2D eigenvalue weighted by molar-refractivity contribution is 0.0983. The van der Waals surface area contributed by atoms with Gasteiger partial charge in [0.25, 0.3) is 0 Å². The number of hydrogen-bond acceptors (Lipinski definition) is 3. The molecular weight excluding hydrogens is 188 g/mol. The number of rotatable bonds is 5. The van der Waals surface area contributed by atoms with Crippen molar-refractivity contribution in [2.75, 3.05) is 12.3 Å². The van der Waals surface area contributed by atoms with Crippen molar-refractivity contribution in [2.24, 2.45) is 0 Å². The molecule has 0 saturated carbocycles. The molecule has 1 rings (SSSR count). The maximum atomic E-state index is 11.7. The highest BCUT2D eigenvalue weighted by atomic mass is 16.1. The molecule has 0 bridgehead atoms. The minimum atomic E-state index is 0.0984. The Labute approximate surface area is 90.7 Å². The smallest absolute Gasteiger partial charge is 0.166 e. The van der Waals surface area contributed by atoms with E-state index in [2.05, 4.69) is 19.2 Å². The number of benzene rings is 1. The Kier molecular flexibility index (Phi) is 4.31. The van der Waals surface area contributed by atoms with E-state index in [1.807, 2.05) is 12.1 Å². The van der Waals surface area contributed by atoms with Crippen LogP contribution in [-0.4, -0.2) is 18.4 Å². The molecule has 0 saturated heterocycles. The monoisotopic (exact) mass is 206 g/mol. The second-order valence-electron chi connectivity index (χ2n) is 3.87. The van der Waals surface area contributed by atoms with E-state index in [-0.39, 0.29) is 5.78 Å². The van der Waals surface area contributed by atoms with Gasteiger partial charge in [-0.05, 0) is 12.1 Å². The zero-order valence-corrected chi connectivity index (χ0v) is 9.29. The maximum absolute atomic E-state index is 11.7. The third-order valence-electron chi connectivity index (χ3n) is 2.17. The highest BCUT2D eigenvalue weighted by Gasteiger charge is 2.08. The molecule has 0 unspecified atom stereocenters. The lowest BCUT2D eigenvalue weighted by Crippen LogP contribution is -2.25. The number of nitrogen functional groups attached to an aromatic ring is 1. The van der Waals surface area contributed by atoms with Gasteiger partial charge in [-0.1, -0.05) is 26.0 Å². The zero-order valence-electron chi connectivity index (χ0n) is 9.29. The van der Waals surface area contributed by atoms with Crippen LogP contribution in [0.25, 0.3) is 0 Å². The summed E-state index contributed by atoms with van der Waals surface area (Å²) in [6.45, 7) is 4.81. The van der Waals surface area contributed by atoms with Crippen LogP contribution in [0.1, 0.15) is 30.6 Å². The minimum absolute atomic E-state index is 0.0984. The fraction of sp³-hybridized carbons (Fsp3) is 0.417. The Bertz CT molecular complexity index is 334. The Hall–Kier alpha value is -1.35. The number of carbonyl (C=O) groups excluding carboxylic acids is 1. The van der Waals surface area contributed by atoms with E-state index >= 15 is 0 Å². The lowest BCUT2D eigenvalue weighted by atomic mass is 10.1. The molecule has 0 fully saturated rings. The van der Waals surface area contributed by atoms with E-state index in [9.17, 15) is 4.79 Å². The van der Waals surface area contributed by atoms with Crippen molar-refractivity contribution < 1.29 is 4.79 Å². The van der Waals surface area contributed by atoms with Gasteiger partial charge in [-0.15, -0.1) is 0 Å². The van der Waals surface area contributed by atoms with E-state index in [0.29, 0.717) is 30.3 Å². The summed E-state index contributed by atoms with van der Waals surface area (Å²) in [6, 6.07) is 7.60. The zero-order chi connectivity index (χ0) is 11.3. The van der Waals surface area contributed by atoms with Crippen LogP contribution in [0, 0.1) is 0 Å². The number of anilines is 1. The van der Waals surface area contributed by atoms with Crippen LogP contribution in [0.15, 0.2) is 24.3 Å². The normalized spacial score (nSPS) is 10.6. The van der Waals surface area contributed by atoms with E-state index in [1.165, 1.54) is 0 Å². The van der Waals surface area contributed by atoms with Gasteiger partial charge in [0.1, 0.15) is 0 Å². The summed E-state index contributed by atoms with van der Waals surface area (Å²) in [7, 11) is 0. The van der Waals surface area contributed by atoms with Crippen LogP contribution in [0.4, 0.5) is 5.69 Å². The van der Waals surface area contributed by atoms with Crippen LogP contribution in [0.2, 0.25) is 0 Å². The van der Waals surface area contributed by atoms with Gasteiger partial charge in [-0.25, -0.2) is 0 Å². The summed E-state index contributed by atoms with van der Waals surface area (Å²) < 4.78 is 0. The standard InChI is InChI=1S/C12H18N2O/c1-9(2)14-8-7-12(15)10-5-3-4-6-11(10)13/h3-6,9,14H,7-8,13H2,1-2H3. The number of ketones is 1. The van der Waals surface area contributed by atoms with Gasteiger partial charge in [-0.2, -0.15) is 0 Å². The molecule has 0 heterocycles. The predicted molar refractivity (Wildman–Crippen MR) is 62.9 cm³/mol. The SMILES string of the molecule is CC(C)NCCC(=O)c1ccccc1N. The van der Waals surface area contributed by atoms with Gasteiger partial charge in [0, 0.05) is 30.3 Å². The minimum Gasteiger partial charge on any atom is -0.398 e. The summed E-state index contributed by atoms with van der Waals surface area (Å²) in [6.07, 6.45) is 0.492. The largest absolute Gasteiger partial charge is 0.398 e. The number of para-hydroxylation sites is 1. The third kappa shape index (κ3) is 3.72. The van der Waals surface area contributed by atoms with Crippen molar-refractivity contribution >= 4 is 11.5 Å². The van der Waals surface area contributed by atoms with Crippen LogP contribution in [0.3, 0.4) is 0 Å². The molecule has 0 spiro atoms. The van der Waals surface area contributed by atoms with Gasteiger partial charge in [0.05, 0.1) is 0 Å². The number of hydrogen-bond donors (Lipinski definition) is 2. The van der Waals surface area contributed by atoms with Crippen LogP contribution in [-0.2, 0) is 0 Å². The summed E-state index contributed by atoms with van der Waals surface area (Å²) in [5.41, 5.74) is 6.90. The highest BCUT2D eigenvalue weighted by molar-refractivity contribution is 6.00. The van der Waals surface area contributed by atoms with Crippen LogP contribution >= 0.6 is 0 Å². The summed E-state index contributed by atoms with van der Waals surface area (Å²) in [4.78, 5) is 11.7. The molecule has 3 N–H and O–H groups in total. The first kappa shape index (κ1) is 11.7. The number of nitrogens with one attached hydrogen (secondary N) is 1. The second-order valence-corrected chi connectivity index (χ2v) is 3.87. The molecule has 3 heteroatoms. The van der Waals surface area contributed by atoms with E-state index in [0.717, 1.165) is 0 Å². The topological polar surface area (TPSA) is 55.1 Å². The van der Waals surface area contributed by atoms with Gasteiger partial charge >= 0.3 is 0 Å². The van der Waals surface area contributed by atoms with Gasteiger partial charge in [-0.3, -0.25) is 4.79 Å². The Morgan fingerprint density at radius 1 is 1.40 bits per heavy atom. The molecule has 82 valence electrons. The summed E-state index contributed by atoms with van der Waals surface area (Å²) >= 11 is 0. The molecule has 1 aromatic carbocycles. The molecule has 0 aliphatic heterocycles. The molecule has 0 aliphatic rings. The van der Waals surface area contributed by atoms with Crippen molar-refractivity contribution in [3.05, 3.63) is 29.8 Å². The van der Waals surface area contributed by atoms with Crippen molar-refractivity contribution in [2.45, 2.75) is 26.3 Å². The molecule has 0 aliphatic carbocycles. The number of carbonyl (C=O) groups is 1. The lowest BCUT2D eigenvalue weighted by Gasteiger charge is -2.08. The quantitative estimate of drug-likeness (QED) is 0.571. The van der Waals surface area contributed by atoms with Crippen molar-refractivity contribution in [1.82, 2.24) is 5.32 Å². The maximum Gasteiger partial charge on any atom is 0.166 e. The van der Waals surface area contributed by atoms with E-state index < -0.39 is 0 Å². The highest BCUT2D eigenvalue weighted by Crippen LogP contribution is 2.12. The van der Waals surface area contributed by atoms with E-state index in [4.69, 9.17) is 5.73 Å². The molecule has 0 amide bonds. The van der Waals surface area contributed by atoms with E-state index in [1.54, 1.807) is 12.1 Å². The van der Waals surface area contributed by atoms with Gasteiger partial charge < -0.3 is 11.1 Å². The van der Waals surface area contributed by atoms with Crippen molar-refractivity contribution in [3.63, 3.8) is 0 Å². The fourth-order valence-electron chi connectivity index (χ4n) is 1.36. The number of Topliss-reactive ketones (excluding diaryl/α,β-unsaturated/α-hetero) is 1. The molecule has 0 radical (unpaired) electrons. The molecule has 3 nitrogen and oxygen atoms in total. The predicted octanol–water partition coefficient (Wildman–Crippen LogP) is 1.84. The first-order chi connectivity index (χ1) is 7.11. The van der Waals surface area contributed by atoms with Crippen molar-refractivity contribution in [1.29, 1.82) is 0 Å². The third-order valence-corrected chi connectivity index (χ3v) is 2.17. The van der Waals surface area contributed by atoms with Gasteiger partial charge in [0.2, 0.25) is 0 Å². The van der Waals surface area contributed by atoms with Crippen LogP contribution in [0.5, 0.6) is 0 Å².